The highest BCUT2D eigenvalue weighted by Gasteiger charge is 2.07. The summed E-state index contributed by atoms with van der Waals surface area (Å²) < 4.78 is 5.25. The third-order valence-electron chi connectivity index (χ3n) is 2.53. The molecule has 4 nitrogen and oxygen atoms in total. The van der Waals surface area contributed by atoms with E-state index in [1.54, 1.807) is 18.5 Å². The SMILES string of the molecule is Cc1occc1CN(C)c1cc(N)ccn1. The second-order valence-corrected chi connectivity index (χ2v) is 3.81. The Balaban J connectivity index is 2.14. The van der Waals surface area contributed by atoms with E-state index < -0.39 is 0 Å². The van der Waals surface area contributed by atoms with Crippen LogP contribution < -0.4 is 10.6 Å². The Labute approximate surface area is 94.7 Å². The van der Waals surface area contributed by atoms with Gasteiger partial charge in [-0.05, 0) is 19.1 Å². The van der Waals surface area contributed by atoms with Crippen LogP contribution in [0.1, 0.15) is 11.3 Å². The number of nitrogens with zero attached hydrogens (tertiary/aromatic N) is 2. The average Bonchev–Trinajstić information content (AvgIpc) is 2.64. The van der Waals surface area contributed by atoms with Crippen molar-refractivity contribution in [3.63, 3.8) is 0 Å². The van der Waals surface area contributed by atoms with Crippen molar-refractivity contribution in [2.45, 2.75) is 13.5 Å². The number of furan rings is 1. The van der Waals surface area contributed by atoms with E-state index in [0.29, 0.717) is 0 Å². The van der Waals surface area contributed by atoms with Crippen molar-refractivity contribution in [3.05, 3.63) is 42.0 Å². The summed E-state index contributed by atoms with van der Waals surface area (Å²) in [5, 5.41) is 0. The second kappa shape index (κ2) is 4.26. The molecular formula is C12H15N3O. The van der Waals surface area contributed by atoms with E-state index in [9.17, 15) is 0 Å². The van der Waals surface area contributed by atoms with Crippen LogP contribution in [-0.2, 0) is 6.54 Å². The molecule has 2 rings (SSSR count). The van der Waals surface area contributed by atoms with E-state index in [1.807, 2.05) is 31.0 Å². The lowest BCUT2D eigenvalue weighted by Crippen LogP contribution is -2.17. The monoisotopic (exact) mass is 217 g/mol. The number of rotatable bonds is 3. The van der Waals surface area contributed by atoms with Crippen molar-refractivity contribution < 1.29 is 4.42 Å². The lowest BCUT2D eigenvalue weighted by molar-refractivity contribution is 0.529. The number of pyridine rings is 1. The van der Waals surface area contributed by atoms with Crippen LogP contribution in [0.4, 0.5) is 11.5 Å². The van der Waals surface area contributed by atoms with Gasteiger partial charge in [0.15, 0.2) is 0 Å². The summed E-state index contributed by atoms with van der Waals surface area (Å²) in [6.45, 7) is 2.72. The molecule has 0 bridgehead atoms. The first-order valence-corrected chi connectivity index (χ1v) is 5.12. The molecule has 0 aliphatic rings. The van der Waals surface area contributed by atoms with Crippen LogP contribution in [0.15, 0.2) is 35.1 Å². The average molecular weight is 217 g/mol. The largest absolute Gasteiger partial charge is 0.469 e. The van der Waals surface area contributed by atoms with Gasteiger partial charge < -0.3 is 15.1 Å². The molecule has 0 saturated carbocycles. The Morgan fingerprint density at radius 3 is 2.88 bits per heavy atom. The number of aryl methyl sites for hydroxylation is 1. The fourth-order valence-electron chi connectivity index (χ4n) is 1.55. The van der Waals surface area contributed by atoms with Gasteiger partial charge in [0.1, 0.15) is 11.6 Å². The number of anilines is 2. The number of aromatic nitrogens is 1. The number of hydrogen-bond donors (Lipinski definition) is 1. The smallest absolute Gasteiger partial charge is 0.130 e. The number of nitrogen functional groups attached to an aromatic ring is 1. The van der Waals surface area contributed by atoms with E-state index in [4.69, 9.17) is 10.2 Å². The van der Waals surface area contributed by atoms with Crippen LogP contribution in [0.5, 0.6) is 0 Å². The summed E-state index contributed by atoms with van der Waals surface area (Å²) in [5.41, 5.74) is 7.60. The van der Waals surface area contributed by atoms with Gasteiger partial charge in [-0.1, -0.05) is 0 Å². The van der Waals surface area contributed by atoms with Crippen LogP contribution in [0.2, 0.25) is 0 Å². The van der Waals surface area contributed by atoms with Gasteiger partial charge in [-0.25, -0.2) is 4.98 Å². The molecule has 0 saturated heterocycles. The first-order chi connectivity index (χ1) is 7.66. The quantitative estimate of drug-likeness (QED) is 0.856. The van der Waals surface area contributed by atoms with Crippen molar-refractivity contribution in [2.75, 3.05) is 17.7 Å². The molecule has 16 heavy (non-hydrogen) atoms. The van der Waals surface area contributed by atoms with Gasteiger partial charge >= 0.3 is 0 Å². The lowest BCUT2D eigenvalue weighted by atomic mass is 10.2. The molecule has 0 atom stereocenters. The molecule has 0 aliphatic heterocycles. The minimum Gasteiger partial charge on any atom is -0.469 e. The normalized spacial score (nSPS) is 10.4. The molecule has 2 heterocycles. The van der Waals surface area contributed by atoms with Crippen LogP contribution in [0.25, 0.3) is 0 Å². The van der Waals surface area contributed by atoms with E-state index in [0.717, 1.165) is 29.4 Å². The molecule has 0 fully saturated rings. The molecule has 0 amide bonds. The van der Waals surface area contributed by atoms with Crippen molar-refractivity contribution >= 4 is 11.5 Å². The summed E-state index contributed by atoms with van der Waals surface area (Å²) in [5.74, 6) is 1.80. The zero-order valence-electron chi connectivity index (χ0n) is 9.47. The van der Waals surface area contributed by atoms with E-state index in [1.165, 1.54) is 0 Å². The van der Waals surface area contributed by atoms with Gasteiger partial charge in [-0.2, -0.15) is 0 Å². The molecule has 4 heteroatoms. The van der Waals surface area contributed by atoms with Crippen molar-refractivity contribution in [1.29, 1.82) is 0 Å². The molecule has 0 aromatic carbocycles. The lowest BCUT2D eigenvalue weighted by Gasteiger charge is -2.17. The zero-order valence-corrected chi connectivity index (χ0v) is 9.47. The molecular weight excluding hydrogens is 202 g/mol. The third-order valence-corrected chi connectivity index (χ3v) is 2.53. The fourth-order valence-corrected chi connectivity index (χ4v) is 1.55. The Kier molecular flexibility index (Phi) is 2.81. The molecule has 2 aromatic rings. The van der Waals surface area contributed by atoms with Gasteiger partial charge in [0.25, 0.3) is 0 Å². The van der Waals surface area contributed by atoms with Crippen LogP contribution in [-0.4, -0.2) is 12.0 Å². The van der Waals surface area contributed by atoms with Gasteiger partial charge in [0.05, 0.1) is 6.26 Å². The summed E-state index contributed by atoms with van der Waals surface area (Å²) in [4.78, 5) is 6.30. The maximum Gasteiger partial charge on any atom is 0.130 e. The third kappa shape index (κ3) is 2.16. The minimum atomic E-state index is 0.723. The van der Waals surface area contributed by atoms with Gasteiger partial charge in [-0.3, -0.25) is 0 Å². The number of nitrogens with two attached hydrogens (primary N) is 1. The van der Waals surface area contributed by atoms with Gasteiger partial charge in [0, 0.05) is 37.1 Å². The van der Waals surface area contributed by atoms with Gasteiger partial charge in [-0.15, -0.1) is 0 Å². The summed E-state index contributed by atoms with van der Waals surface area (Å²) in [6.07, 6.45) is 3.41. The van der Waals surface area contributed by atoms with Gasteiger partial charge in [0.2, 0.25) is 0 Å². The van der Waals surface area contributed by atoms with E-state index >= 15 is 0 Å². The maximum atomic E-state index is 5.71. The van der Waals surface area contributed by atoms with E-state index in [2.05, 4.69) is 4.98 Å². The first kappa shape index (κ1) is 10.5. The Morgan fingerprint density at radius 1 is 1.44 bits per heavy atom. The minimum absolute atomic E-state index is 0.723. The van der Waals surface area contributed by atoms with E-state index in [-0.39, 0.29) is 0 Å². The van der Waals surface area contributed by atoms with Crippen molar-refractivity contribution in [3.8, 4) is 0 Å². The topological polar surface area (TPSA) is 55.3 Å². The molecule has 0 unspecified atom stereocenters. The second-order valence-electron chi connectivity index (χ2n) is 3.81. The standard InChI is InChI=1S/C12H15N3O/c1-9-10(4-6-16-9)8-15(2)12-7-11(13)3-5-14-12/h3-7H,8H2,1-2H3,(H2,13,14). The highest BCUT2D eigenvalue weighted by atomic mass is 16.3. The summed E-state index contributed by atoms with van der Waals surface area (Å²) >= 11 is 0. The van der Waals surface area contributed by atoms with Crippen LogP contribution in [0.3, 0.4) is 0 Å². The maximum absolute atomic E-state index is 5.71. The summed E-state index contributed by atoms with van der Waals surface area (Å²) in [7, 11) is 1.98. The predicted molar refractivity (Wildman–Crippen MR) is 64.2 cm³/mol. The first-order valence-electron chi connectivity index (χ1n) is 5.12. The Hall–Kier alpha value is -1.97. The molecule has 2 N–H and O–H groups in total. The Morgan fingerprint density at radius 2 is 2.25 bits per heavy atom. The summed E-state index contributed by atoms with van der Waals surface area (Å²) in [6, 6.07) is 5.61. The molecule has 2 aromatic heterocycles. The van der Waals surface area contributed by atoms with Crippen LogP contribution in [0, 0.1) is 6.92 Å². The molecule has 0 spiro atoms. The number of hydrogen-bond acceptors (Lipinski definition) is 4. The van der Waals surface area contributed by atoms with Crippen molar-refractivity contribution in [2.24, 2.45) is 0 Å². The fraction of sp³-hybridized carbons (Fsp3) is 0.250. The molecule has 0 aliphatic carbocycles. The van der Waals surface area contributed by atoms with Crippen molar-refractivity contribution in [1.82, 2.24) is 4.98 Å². The predicted octanol–water partition coefficient (Wildman–Crippen LogP) is 2.20. The van der Waals surface area contributed by atoms with Crippen LogP contribution >= 0.6 is 0 Å². The highest BCUT2D eigenvalue weighted by molar-refractivity contribution is 5.50. The highest BCUT2D eigenvalue weighted by Crippen LogP contribution is 2.17. The molecule has 84 valence electrons. The Bertz CT molecular complexity index is 479. The zero-order chi connectivity index (χ0) is 11.5. The molecule has 0 radical (unpaired) electrons.